The van der Waals surface area contributed by atoms with E-state index in [-0.39, 0.29) is 6.61 Å². The van der Waals surface area contributed by atoms with E-state index in [0.29, 0.717) is 152 Å². The van der Waals surface area contributed by atoms with Crippen molar-refractivity contribution in [3.63, 3.8) is 0 Å². The van der Waals surface area contributed by atoms with Crippen LogP contribution < -0.4 is 4.74 Å². The first-order valence-corrected chi connectivity index (χ1v) is 16.2. The van der Waals surface area contributed by atoms with Crippen molar-refractivity contribution in [2.24, 2.45) is 0 Å². The molecular formula is C30H53IO13. The molecule has 0 saturated carbocycles. The van der Waals surface area contributed by atoms with Crippen LogP contribution in [0.2, 0.25) is 0 Å². The minimum atomic E-state index is 0.0253. The van der Waals surface area contributed by atoms with Crippen LogP contribution in [0.5, 0.6) is 5.75 Å². The summed E-state index contributed by atoms with van der Waals surface area (Å²) < 4.78 is 66.3. The van der Waals surface area contributed by atoms with E-state index in [4.69, 9.17) is 61.9 Å². The third kappa shape index (κ3) is 31.3. The third-order valence-corrected chi connectivity index (χ3v) is 5.98. The van der Waals surface area contributed by atoms with Crippen LogP contribution in [0.4, 0.5) is 0 Å². The maximum absolute atomic E-state index is 8.57. The lowest BCUT2D eigenvalue weighted by Crippen LogP contribution is -2.15. The third-order valence-electron chi connectivity index (χ3n) is 5.27. The first-order valence-electron chi connectivity index (χ1n) is 15.2. The van der Waals surface area contributed by atoms with Gasteiger partial charge in [-0.2, -0.15) is 0 Å². The highest BCUT2D eigenvalue weighted by Gasteiger charge is 1.97. The Labute approximate surface area is 276 Å². The van der Waals surface area contributed by atoms with Crippen LogP contribution in [-0.2, 0) is 52.1 Å². The molecule has 258 valence electrons. The summed E-state index contributed by atoms with van der Waals surface area (Å²) in [5.41, 5.74) is 0. The molecule has 0 unspecified atom stereocenters. The van der Waals surface area contributed by atoms with Crippen molar-refractivity contribution in [1.82, 2.24) is 0 Å². The Balaban J connectivity index is 1.62. The Hall–Kier alpha value is -0.730. The average molecular weight is 749 g/mol. The molecular weight excluding hydrogens is 695 g/mol. The molecule has 1 aromatic carbocycles. The van der Waals surface area contributed by atoms with Crippen LogP contribution in [0, 0.1) is 3.57 Å². The van der Waals surface area contributed by atoms with Gasteiger partial charge in [0.05, 0.1) is 152 Å². The Morgan fingerprint density at radius 2 is 0.568 bits per heavy atom. The topological polar surface area (TPSA) is 131 Å². The second-order valence-electron chi connectivity index (χ2n) is 8.76. The van der Waals surface area contributed by atoms with Crippen LogP contribution in [-0.4, -0.2) is 164 Å². The Morgan fingerprint density at radius 1 is 0.341 bits per heavy atom. The second kappa shape index (κ2) is 35.1. The summed E-state index contributed by atoms with van der Waals surface area (Å²) >= 11 is 2.26. The minimum Gasteiger partial charge on any atom is -0.491 e. The summed E-state index contributed by atoms with van der Waals surface area (Å²) in [6.07, 6.45) is 0. The first-order chi connectivity index (χ1) is 21.8. The van der Waals surface area contributed by atoms with Gasteiger partial charge >= 0.3 is 0 Å². The minimum absolute atomic E-state index is 0.0253. The molecule has 0 aliphatic rings. The summed E-state index contributed by atoms with van der Waals surface area (Å²) in [7, 11) is 0. The zero-order chi connectivity index (χ0) is 31.4. The molecule has 0 saturated heterocycles. The van der Waals surface area contributed by atoms with Crippen molar-refractivity contribution >= 4 is 22.6 Å². The predicted molar refractivity (Wildman–Crippen MR) is 171 cm³/mol. The van der Waals surface area contributed by atoms with Crippen molar-refractivity contribution in [2.45, 2.75) is 0 Å². The van der Waals surface area contributed by atoms with Gasteiger partial charge in [0.1, 0.15) is 12.4 Å². The van der Waals surface area contributed by atoms with Crippen LogP contribution in [0.3, 0.4) is 0 Å². The van der Waals surface area contributed by atoms with Gasteiger partial charge < -0.3 is 61.9 Å². The number of benzene rings is 1. The molecule has 1 aromatic rings. The Kier molecular flexibility index (Phi) is 33.0. The fourth-order valence-electron chi connectivity index (χ4n) is 3.12. The maximum atomic E-state index is 8.57. The molecule has 1 N–H and O–H groups in total. The van der Waals surface area contributed by atoms with Gasteiger partial charge in [-0.3, -0.25) is 0 Å². The van der Waals surface area contributed by atoms with E-state index in [1.165, 1.54) is 3.57 Å². The fourth-order valence-corrected chi connectivity index (χ4v) is 3.47. The summed E-state index contributed by atoms with van der Waals surface area (Å²) in [6, 6.07) is 7.91. The number of aliphatic hydroxyl groups is 1. The van der Waals surface area contributed by atoms with Gasteiger partial charge in [-0.25, -0.2) is 0 Å². The van der Waals surface area contributed by atoms with E-state index in [1.807, 2.05) is 24.3 Å². The van der Waals surface area contributed by atoms with Gasteiger partial charge in [0.15, 0.2) is 0 Å². The molecule has 0 heterocycles. The number of hydrogen-bond acceptors (Lipinski definition) is 13. The standard InChI is InChI=1S/C30H53IO13/c31-29-1-3-30(4-2-29)44-28-27-43-26-25-42-24-23-41-22-21-40-20-19-39-18-17-38-16-15-37-14-13-36-12-11-35-10-9-34-8-7-33-6-5-32/h1-4,32H,5-28H2. The summed E-state index contributed by atoms with van der Waals surface area (Å²) in [6.45, 7) is 11.5. The van der Waals surface area contributed by atoms with Gasteiger partial charge in [-0.15, -0.1) is 0 Å². The number of rotatable bonds is 36. The lowest BCUT2D eigenvalue weighted by Gasteiger charge is -2.09. The first kappa shape index (κ1) is 41.3. The number of aliphatic hydroxyl groups excluding tert-OH is 1. The summed E-state index contributed by atoms with van der Waals surface area (Å²) in [5.74, 6) is 0.845. The highest BCUT2D eigenvalue weighted by Crippen LogP contribution is 2.13. The van der Waals surface area contributed by atoms with Gasteiger partial charge in [0.25, 0.3) is 0 Å². The van der Waals surface area contributed by atoms with Crippen molar-refractivity contribution in [3.8, 4) is 5.75 Å². The molecule has 0 aromatic heterocycles. The maximum Gasteiger partial charge on any atom is 0.119 e. The van der Waals surface area contributed by atoms with Crippen LogP contribution in [0.15, 0.2) is 24.3 Å². The summed E-state index contributed by atoms with van der Waals surface area (Å²) in [5, 5.41) is 8.57. The largest absolute Gasteiger partial charge is 0.491 e. The molecule has 44 heavy (non-hydrogen) atoms. The van der Waals surface area contributed by atoms with Gasteiger partial charge in [0.2, 0.25) is 0 Å². The smallest absolute Gasteiger partial charge is 0.119 e. The lowest BCUT2D eigenvalue weighted by atomic mass is 10.3. The van der Waals surface area contributed by atoms with Crippen molar-refractivity contribution in [3.05, 3.63) is 27.8 Å². The molecule has 0 aliphatic carbocycles. The molecule has 0 radical (unpaired) electrons. The van der Waals surface area contributed by atoms with E-state index in [1.54, 1.807) is 0 Å². The van der Waals surface area contributed by atoms with Crippen LogP contribution in [0.25, 0.3) is 0 Å². The van der Waals surface area contributed by atoms with Crippen molar-refractivity contribution in [2.75, 3.05) is 159 Å². The molecule has 0 fully saturated rings. The van der Waals surface area contributed by atoms with E-state index < -0.39 is 0 Å². The quantitative estimate of drug-likeness (QED) is 0.0793. The lowest BCUT2D eigenvalue weighted by molar-refractivity contribution is -0.0280. The Morgan fingerprint density at radius 3 is 0.818 bits per heavy atom. The monoisotopic (exact) mass is 748 g/mol. The van der Waals surface area contributed by atoms with Crippen LogP contribution >= 0.6 is 22.6 Å². The van der Waals surface area contributed by atoms with E-state index in [2.05, 4.69) is 22.6 Å². The van der Waals surface area contributed by atoms with E-state index in [0.717, 1.165) is 5.75 Å². The summed E-state index contributed by atoms with van der Waals surface area (Å²) in [4.78, 5) is 0. The van der Waals surface area contributed by atoms with E-state index >= 15 is 0 Å². The number of ether oxygens (including phenoxy) is 12. The zero-order valence-corrected chi connectivity index (χ0v) is 28.2. The highest BCUT2D eigenvalue weighted by atomic mass is 127. The van der Waals surface area contributed by atoms with E-state index in [9.17, 15) is 0 Å². The normalized spacial score (nSPS) is 11.4. The van der Waals surface area contributed by atoms with Crippen molar-refractivity contribution < 1.29 is 61.9 Å². The molecule has 0 bridgehead atoms. The SMILES string of the molecule is OCCOCCOCCOCCOCCOCCOCCOCCOCCOCCOCCOCCOc1ccc(I)cc1. The fraction of sp³-hybridized carbons (Fsp3) is 0.800. The number of hydrogen-bond donors (Lipinski definition) is 1. The molecule has 0 spiro atoms. The average Bonchev–Trinajstić information content (AvgIpc) is 3.03. The molecule has 0 amide bonds. The molecule has 13 nitrogen and oxygen atoms in total. The molecule has 14 heteroatoms. The van der Waals surface area contributed by atoms with Gasteiger partial charge in [-0.1, -0.05) is 0 Å². The number of halogens is 1. The molecule has 1 rings (SSSR count). The van der Waals surface area contributed by atoms with Crippen molar-refractivity contribution in [1.29, 1.82) is 0 Å². The highest BCUT2D eigenvalue weighted by molar-refractivity contribution is 14.1. The second-order valence-corrected chi connectivity index (χ2v) is 10.0. The Bertz CT molecular complexity index is 687. The van der Waals surface area contributed by atoms with Crippen LogP contribution in [0.1, 0.15) is 0 Å². The predicted octanol–water partition coefficient (Wildman–Crippen LogP) is 1.84. The van der Waals surface area contributed by atoms with Gasteiger partial charge in [0, 0.05) is 3.57 Å². The zero-order valence-electron chi connectivity index (χ0n) is 26.0. The molecule has 0 atom stereocenters. The van der Waals surface area contributed by atoms with Gasteiger partial charge in [-0.05, 0) is 46.9 Å². The molecule has 0 aliphatic heterocycles.